The van der Waals surface area contributed by atoms with Crippen LogP contribution in [0, 0.1) is 0 Å². The van der Waals surface area contributed by atoms with E-state index in [2.05, 4.69) is 10.6 Å². The van der Waals surface area contributed by atoms with Crippen molar-refractivity contribution in [1.29, 1.82) is 0 Å². The third-order valence-electron chi connectivity index (χ3n) is 5.01. The number of carbonyl (C=O) groups excluding carboxylic acids is 3. The Bertz CT molecular complexity index is 1060. The number of benzene rings is 1. The first-order valence-corrected chi connectivity index (χ1v) is 11.0. The highest BCUT2D eigenvalue weighted by molar-refractivity contribution is 5.96. The summed E-state index contributed by atoms with van der Waals surface area (Å²) in [5.41, 5.74) is 5.93. The molecule has 16 heteroatoms. The minimum atomic E-state index is -1.83. The molecule has 0 aliphatic rings. The molecule has 38 heavy (non-hydrogen) atoms. The summed E-state index contributed by atoms with van der Waals surface area (Å²) in [6, 6.07) is -1.21. The highest BCUT2D eigenvalue weighted by Crippen LogP contribution is 2.12. The Morgan fingerprint density at radius 3 is 1.68 bits per heavy atom. The van der Waals surface area contributed by atoms with E-state index in [0.717, 1.165) is 0 Å². The molecule has 4 atom stereocenters. The fourth-order valence-corrected chi connectivity index (χ4v) is 3.09. The molecule has 16 nitrogen and oxygen atoms in total. The molecule has 1 aromatic carbocycles. The molecule has 10 N–H and O–H groups in total. The molecule has 3 amide bonds. The molecule has 0 saturated carbocycles. The number of phenols is 1. The van der Waals surface area contributed by atoms with E-state index in [0.29, 0.717) is 5.56 Å². The van der Waals surface area contributed by atoms with Gasteiger partial charge < -0.3 is 47.2 Å². The van der Waals surface area contributed by atoms with Crippen LogP contribution >= 0.6 is 0 Å². The third kappa shape index (κ3) is 11.3. The standard InChI is InChI=1S/C22H28N4O12/c23-12(8-17(30)31)19(34)25-14(7-10-1-3-11(27)4-2-10)20(35)26-15(9-18(32)33)21(36)24-13(22(37)38)5-6-16(28)29/h1-4,12-15,27H,5-9,23H2,(H,24,36)(H,25,34)(H,26,35)(H,28,29)(H,30,31)(H,32,33)(H,37,38). The Balaban J connectivity index is 3.15. The van der Waals surface area contributed by atoms with E-state index in [1.165, 1.54) is 24.3 Å². The lowest BCUT2D eigenvalue weighted by molar-refractivity contribution is -0.144. The summed E-state index contributed by atoms with van der Waals surface area (Å²) in [6.07, 6.45) is -3.16. The van der Waals surface area contributed by atoms with Crippen molar-refractivity contribution in [2.45, 2.75) is 56.3 Å². The predicted molar refractivity (Wildman–Crippen MR) is 125 cm³/mol. The molecule has 0 aromatic heterocycles. The van der Waals surface area contributed by atoms with Gasteiger partial charge in [0.25, 0.3) is 0 Å². The van der Waals surface area contributed by atoms with E-state index in [9.17, 15) is 48.9 Å². The number of carboxylic acid groups (broad SMARTS) is 4. The number of aromatic hydroxyl groups is 1. The van der Waals surface area contributed by atoms with Crippen molar-refractivity contribution >= 4 is 41.6 Å². The number of carboxylic acids is 4. The lowest BCUT2D eigenvalue weighted by Gasteiger charge is -2.24. The first kappa shape index (κ1) is 31.3. The largest absolute Gasteiger partial charge is 0.508 e. The molecule has 0 bridgehead atoms. The number of rotatable bonds is 16. The number of hydrogen-bond acceptors (Lipinski definition) is 9. The molecular formula is C22H28N4O12. The molecule has 1 rings (SSSR count). The van der Waals surface area contributed by atoms with Crippen molar-refractivity contribution in [2.75, 3.05) is 0 Å². The fourth-order valence-electron chi connectivity index (χ4n) is 3.09. The van der Waals surface area contributed by atoms with Gasteiger partial charge in [-0.15, -0.1) is 0 Å². The van der Waals surface area contributed by atoms with Crippen LogP contribution in [-0.4, -0.2) is 91.3 Å². The second kappa shape index (κ2) is 14.7. The van der Waals surface area contributed by atoms with Gasteiger partial charge in [-0.2, -0.15) is 0 Å². The summed E-state index contributed by atoms with van der Waals surface area (Å²) >= 11 is 0. The molecule has 0 radical (unpaired) electrons. The molecular weight excluding hydrogens is 512 g/mol. The highest BCUT2D eigenvalue weighted by atomic mass is 16.4. The minimum Gasteiger partial charge on any atom is -0.508 e. The van der Waals surface area contributed by atoms with E-state index < -0.39 is 91.4 Å². The lowest BCUT2D eigenvalue weighted by Crippen LogP contribution is -2.58. The van der Waals surface area contributed by atoms with Crippen LogP contribution in [0.15, 0.2) is 24.3 Å². The Hall–Kier alpha value is -4.73. The van der Waals surface area contributed by atoms with Gasteiger partial charge in [0, 0.05) is 12.8 Å². The summed E-state index contributed by atoms with van der Waals surface area (Å²) < 4.78 is 0. The topological polar surface area (TPSA) is 283 Å². The van der Waals surface area contributed by atoms with Crippen LogP contribution < -0.4 is 21.7 Å². The first-order valence-electron chi connectivity index (χ1n) is 11.0. The van der Waals surface area contributed by atoms with Crippen molar-refractivity contribution in [3.8, 4) is 5.75 Å². The van der Waals surface area contributed by atoms with Crippen LogP contribution in [0.4, 0.5) is 0 Å². The van der Waals surface area contributed by atoms with Crippen molar-refractivity contribution in [3.05, 3.63) is 29.8 Å². The van der Waals surface area contributed by atoms with Gasteiger partial charge in [0.2, 0.25) is 17.7 Å². The second-order valence-corrected chi connectivity index (χ2v) is 8.13. The zero-order valence-corrected chi connectivity index (χ0v) is 19.8. The van der Waals surface area contributed by atoms with Gasteiger partial charge in [-0.1, -0.05) is 12.1 Å². The molecule has 0 saturated heterocycles. The van der Waals surface area contributed by atoms with E-state index in [1.54, 1.807) is 0 Å². The average molecular weight is 540 g/mol. The van der Waals surface area contributed by atoms with Gasteiger partial charge in [-0.25, -0.2) is 4.79 Å². The van der Waals surface area contributed by atoms with Crippen LogP contribution in [0.2, 0.25) is 0 Å². The maximum Gasteiger partial charge on any atom is 0.326 e. The first-order chi connectivity index (χ1) is 17.7. The SMILES string of the molecule is NC(CC(=O)O)C(=O)NC(Cc1ccc(O)cc1)C(=O)NC(CC(=O)O)C(=O)NC(CCC(=O)O)C(=O)O. The lowest BCUT2D eigenvalue weighted by atomic mass is 10.0. The van der Waals surface area contributed by atoms with E-state index in [1.807, 2.05) is 5.32 Å². The quantitative estimate of drug-likeness (QED) is 0.106. The molecule has 0 aliphatic heterocycles. The van der Waals surface area contributed by atoms with Crippen LogP contribution in [0.3, 0.4) is 0 Å². The number of carbonyl (C=O) groups is 7. The highest BCUT2D eigenvalue weighted by Gasteiger charge is 2.32. The average Bonchev–Trinajstić information content (AvgIpc) is 2.80. The van der Waals surface area contributed by atoms with Gasteiger partial charge in [0.15, 0.2) is 0 Å². The van der Waals surface area contributed by atoms with E-state index in [4.69, 9.17) is 15.9 Å². The molecule has 0 heterocycles. The summed E-state index contributed by atoms with van der Waals surface area (Å²) in [5, 5.41) is 51.8. The molecule has 0 fully saturated rings. The minimum absolute atomic E-state index is 0.101. The molecule has 208 valence electrons. The Morgan fingerprint density at radius 1 is 0.684 bits per heavy atom. The maximum absolute atomic E-state index is 13.0. The Morgan fingerprint density at radius 2 is 1.18 bits per heavy atom. The Kier molecular flexibility index (Phi) is 12.1. The second-order valence-electron chi connectivity index (χ2n) is 8.13. The van der Waals surface area contributed by atoms with Crippen LogP contribution in [0.5, 0.6) is 5.75 Å². The number of nitrogens with two attached hydrogens (primary N) is 1. The third-order valence-corrected chi connectivity index (χ3v) is 5.01. The predicted octanol–water partition coefficient (Wildman–Crippen LogP) is -2.38. The van der Waals surface area contributed by atoms with Gasteiger partial charge in [0.1, 0.15) is 23.9 Å². The smallest absolute Gasteiger partial charge is 0.326 e. The van der Waals surface area contributed by atoms with Crippen molar-refractivity contribution < 1.29 is 59.1 Å². The van der Waals surface area contributed by atoms with Gasteiger partial charge in [-0.05, 0) is 24.1 Å². The molecule has 1 aromatic rings. The van der Waals surface area contributed by atoms with Gasteiger partial charge >= 0.3 is 23.9 Å². The van der Waals surface area contributed by atoms with Gasteiger partial charge in [0.05, 0.1) is 18.9 Å². The zero-order chi connectivity index (χ0) is 29.0. The number of aliphatic carboxylic acids is 4. The van der Waals surface area contributed by atoms with E-state index >= 15 is 0 Å². The normalized spacial score (nSPS) is 13.7. The molecule has 0 aliphatic carbocycles. The number of phenolic OH excluding ortho intramolecular Hbond substituents is 1. The molecule has 0 spiro atoms. The number of amides is 3. The Labute approximate surface area is 214 Å². The van der Waals surface area contributed by atoms with Crippen LogP contribution in [0.25, 0.3) is 0 Å². The van der Waals surface area contributed by atoms with Crippen molar-refractivity contribution in [2.24, 2.45) is 5.73 Å². The number of nitrogens with one attached hydrogen (secondary N) is 3. The molecule has 4 unspecified atom stereocenters. The summed E-state index contributed by atoms with van der Waals surface area (Å²) in [5.74, 6) is -9.34. The van der Waals surface area contributed by atoms with Crippen LogP contribution in [-0.2, 0) is 40.0 Å². The maximum atomic E-state index is 13.0. The van der Waals surface area contributed by atoms with Crippen molar-refractivity contribution in [3.63, 3.8) is 0 Å². The monoisotopic (exact) mass is 540 g/mol. The summed E-state index contributed by atoms with van der Waals surface area (Å²) in [4.78, 5) is 82.3. The fraction of sp³-hybridized carbons (Fsp3) is 0.409. The number of hydrogen-bond donors (Lipinski definition) is 9. The zero-order valence-electron chi connectivity index (χ0n) is 19.8. The summed E-state index contributed by atoms with van der Waals surface area (Å²) in [6.45, 7) is 0. The van der Waals surface area contributed by atoms with Crippen LogP contribution in [0.1, 0.15) is 31.2 Å². The van der Waals surface area contributed by atoms with Gasteiger partial charge in [-0.3, -0.25) is 28.8 Å². The van der Waals surface area contributed by atoms with E-state index in [-0.39, 0.29) is 12.2 Å². The van der Waals surface area contributed by atoms with Crippen molar-refractivity contribution in [1.82, 2.24) is 16.0 Å². The summed E-state index contributed by atoms with van der Waals surface area (Å²) in [7, 11) is 0.